The molecule has 0 radical (unpaired) electrons. The van der Waals surface area contributed by atoms with E-state index in [1.165, 1.54) is 66.9 Å². The van der Waals surface area contributed by atoms with E-state index < -0.39 is 27.6 Å². The summed E-state index contributed by atoms with van der Waals surface area (Å²) in [5, 5.41) is 1.49. The molecule has 1 saturated heterocycles. The first kappa shape index (κ1) is 52.4. The summed E-state index contributed by atoms with van der Waals surface area (Å²) < 4.78 is 68.7. The number of pyridine rings is 4. The number of benzene rings is 3. The summed E-state index contributed by atoms with van der Waals surface area (Å²) in [7, 11) is -3.87. The maximum atomic E-state index is 13.3. The lowest BCUT2D eigenvalue weighted by atomic mass is 9.82. The predicted molar refractivity (Wildman–Crippen MR) is 279 cm³/mol. The van der Waals surface area contributed by atoms with E-state index >= 15 is 0 Å². The molecule has 1 saturated carbocycles. The number of halogens is 4. The molecule has 4 unspecified atom stereocenters. The Morgan fingerprint density at radius 3 is 1.59 bits per heavy atom. The Kier molecular flexibility index (Phi) is 15.9. The highest BCUT2D eigenvalue weighted by molar-refractivity contribution is 7.86. The molecular weight excluding hydrogens is 988 g/mol. The Morgan fingerprint density at radius 2 is 1.11 bits per heavy atom. The van der Waals surface area contributed by atoms with Crippen molar-refractivity contribution in [1.82, 2.24) is 24.8 Å². The summed E-state index contributed by atoms with van der Waals surface area (Å²) in [6.45, 7) is 11.4. The highest BCUT2D eigenvalue weighted by atomic mass is 35.5. The lowest BCUT2D eigenvalue weighted by molar-refractivity contribution is -0.103. The first-order valence-corrected chi connectivity index (χ1v) is 27.0. The third kappa shape index (κ3) is 11.7. The van der Waals surface area contributed by atoms with Crippen molar-refractivity contribution in [2.24, 2.45) is 0 Å². The second kappa shape index (κ2) is 22.1. The highest BCUT2D eigenvalue weighted by Crippen LogP contribution is 2.53. The average Bonchev–Trinajstić information content (AvgIpc) is 3.86. The molecule has 7 aromatic rings. The standard InChI is InChI=1S/C25H25ClFN3O.C19H20ClNO.C14H14FNO3S/c1-16-12-18(14-19(26)13-16)23-21-4-3-9-28-24(21)25(31-23)7-10-30(11-8-25)17(2)22-6-5-20(27)15-29-22;1-13-10-14(12-15(20)11-13)17-16-6-5-9-21-18(16)19(22-17)7-3-2-4-8-19;1-10-3-6-13(7-4-10)20(17,18)19-11(2)14-8-5-12(15)9-16-14/h3-6,9,12-15,17,23H,7-8,10-11H2,1-2H3;5-6,9-12,17H,2-4,7-8H2,1H3;3-9,11H,1-2H3. The molecule has 73 heavy (non-hydrogen) atoms. The Morgan fingerprint density at radius 1 is 0.616 bits per heavy atom. The number of likely N-dealkylation sites (tertiary alicyclic amines) is 1. The molecule has 0 bridgehead atoms. The van der Waals surface area contributed by atoms with Crippen molar-refractivity contribution in [3.63, 3.8) is 0 Å². The van der Waals surface area contributed by atoms with Gasteiger partial charge in [0.2, 0.25) is 0 Å². The zero-order valence-electron chi connectivity index (χ0n) is 41.6. The molecule has 15 heteroatoms. The second-order valence-corrected chi connectivity index (χ2v) is 22.0. The van der Waals surface area contributed by atoms with Gasteiger partial charge in [0.25, 0.3) is 10.1 Å². The van der Waals surface area contributed by atoms with Crippen LogP contribution in [0.2, 0.25) is 10.0 Å². The van der Waals surface area contributed by atoms with Crippen molar-refractivity contribution < 1.29 is 30.9 Å². The molecule has 11 rings (SSSR count). The lowest BCUT2D eigenvalue weighted by Gasteiger charge is -2.41. The molecule has 4 aromatic heterocycles. The summed E-state index contributed by atoms with van der Waals surface area (Å²) in [6, 6.07) is 32.9. The molecule has 0 N–H and O–H groups in total. The van der Waals surface area contributed by atoms with Crippen molar-refractivity contribution in [1.29, 1.82) is 0 Å². The number of piperidine rings is 1. The quantitative estimate of drug-likeness (QED) is 0.136. The van der Waals surface area contributed by atoms with Crippen LogP contribution in [0.25, 0.3) is 0 Å². The summed E-state index contributed by atoms with van der Waals surface area (Å²) in [4.78, 5) is 20.0. The molecule has 4 atom stereocenters. The summed E-state index contributed by atoms with van der Waals surface area (Å²) in [5.74, 6) is -0.791. The minimum Gasteiger partial charge on any atom is -0.356 e. The monoisotopic (exact) mass is 1050 g/mol. The molecule has 3 aromatic carbocycles. The van der Waals surface area contributed by atoms with Gasteiger partial charge >= 0.3 is 0 Å². The number of rotatable bonds is 8. The van der Waals surface area contributed by atoms with Crippen LogP contribution in [0.3, 0.4) is 0 Å². The molecule has 0 amide bonds. The normalized spacial score (nSPS) is 19.5. The van der Waals surface area contributed by atoms with Crippen molar-refractivity contribution in [2.75, 3.05) is 13.1 Å². The largest absolute Gasteiger partial charge is 0.356 e. The first-order valence-electron chi connectivity index (χ1n) is 24.8. The fraction of sp³-hybridized carbons (Fsp3) is 0.345. The maximum absolute atomic E-state index is 13.3. The molecule has 2 spiro atoms. The van der Waals surface area contributed by atoms with Gasteiger partial charge in [0.05, 0.1) is 40.1 Å². The zero-order chi connectivity index (χ0) is 51.5. The van der Waals surface area contributed by atoms with Gasteiger partial charge in [0.1, 0.15) is 41.1 Å². The molecule has 3 aliphatic heterocycles. The van der Waals surface area contributed by atoms with E-state index in [-0.39, 0.29) is 34.6 Å². The van der Waals surface area contributed by atoms with Crippen molar-refractivity contribution in [2.45, 2.75) is 120 Å². The predicted octanol–water partition coefficient (Wildman–Crippen LogP) is 14.1. The third-order valence-corrected chi connectivity index (χ3v) is 16.1. The van der Waals surface area contributed by atoms with Gasteiger partial charge in [-0.15, -0.1) is 0 Å². The van der Waals surface area contributed by atoms with Crippen LogP contribution in [-0.4, -0.2) is 46.3 Å². The topological polar surface area (TPSA) is 117 Å². The van der Waals surface area contributed by atoms with E-state index in [1.807, 2.05) is 62.6 Å². The lowest BCUT2D eigenvalue weighted by Crippen LogP contribution is -2.44. The van der Waals surface area contributed by atoms with Crippen LogP contribution in [0.1, 0.15) is 145 Å². The van der Waals surface area contributed by atoms with E-state index in [2.05, 4.69) is 53.0 Å². The van der Waals surface area contributed by atoms with Crippen LogP contribution >= 0.6 is 23.2 Å². The molecule has 4 aliphatic rings. The molecular formula is C58H59Cl2F2N5O5S. The fourth-order valence-electron chi connectivity index (χ4n) is 10.6. The number of aromatic nitrogens is 4. The van der Waals surface area contributed by atoms with Crippen LogP contribution in [0.5, 0.6) is 0 Å². The number of fused-ring (bicyclic) bond motifs is 4. The van der Waals surface area contributed by atoms with E-state index in [0.29, 0.717) is 5.69 Å². The third-order valence-electron chi connectivity index (χ3n) is 14.3. The van der Waals surface area contributed by atoms with Crippen molar-refractivity contribution in [3.8, 4) is 0 Å². The van der Waals surface area contributed by atoms with Crippen LogP contribution in [0, 0.1) is 32.4 Å². The van der Waals surface area contributed by atoms with Gasteiger partial charge in [-0.25, -0.2) is 8.78 Å². The Labute approximate surface area is 437 Å². The molecule has 7 heterocycles. The number of ether oxygens (including phenoxy) is 2. The SMILES string of the molecule is Cc1cc(Cl)cc(C2OC3(CCCCC3)c3ncccc32)c1.Cc1cc(Cl)cc(C2OC3(CCN(C(C)c4ccc(F)cn4)CC3)c3ncccc32)c1.Cc1ccc(S(=O)(=O)OC(C)c2ccc(F)cn2)cc1. The van der Waals surface area contributed by atoms with E-state index in [9.17, 15) is 17.2 Å². The molecule has 10 nitrogen and oxygen atoms in total. The Balaban J connectivity index is 0.000000139. The number of nitrogens with zero attached hydrogens (tertiary/aromatic N) is 5. The van der Waals surface area contributed by atoms with Crippen molar-refractivity contribution >= 4 is 33.3 Å². The molecule has 1 aliphatic carbocycles. The van der Waals surface area contributed by atoms with Gasteiger partial charge in [0, 0.05) is 52.7 Å². The smallest absolute Gasteiger partial charge is 0.297 e. The highest BCUT2D eigenvalue weighted by Gasteiger charge is 2.49. The second-order valence-electron chi connectivity index (χ2n) is 19.6. The molecule has 2 fully saturated rings. The number of hydrogen-bond donors (Lipinski definition) is 0. The number of hydrogen-bond acceptors (Lipinski definition) is 10. The van der Waals surface area contributed by atoms with Gasteiger partial charge < -0.3 is 9.47 Å². The minimum absolute atomic E-state index is 0.0424. The van der Waals surface area contributed by atoms with Gasteiger partial charge in [-0.3, -0.25) is 29.0 Å². The van der Waals surface area contributed by atoms with E-state index in [4.69, 9.17) is 46.8 Å². The van der Waals surface area contributed by atoms with Gasteiger partial charge in [-0.1, -0.05) is 84.4 Å². The summed E-state index contributed by atoms with van der Waals surface area (Å²) in [5.41, 5.74) is 10.6. The van der Waals surface area contributed by atoms with E-state index in [0.717, 1.165) is 99.9 Å². The van der Waals surface area contributed by atoms with Crippen LogP contribution in [-0.2, 0) is 35.0 Å². The fourth-order valence-corrected chi connectivity index (χ4v) is 12.2. The Bertz CT molecular complexity index is 3110. The van der Waals surface area contributed by atoms with Gasteiger partial charge in [-0.05, 0) is 155 Å². The van der Waals surface area contributed by atoms with Crippen LogP contribution in [0.15, 0.2) is 139 Å². The minimum atomic E-state index is -3.87. The van der Waals surface area contributed by atoms with E-state index in [1.54, 1.807) is 25.1 Å². The van der Waals surface area contributed by atoms with Gasteiger partial charge in [-0.2, -0.15) is 8.42 Å². The number of aryl methyl sites for hydroxylation is 3. The van der Waals surface area contributed by atoms with Crippen LogP contribution < -0.4 is 0 Å². The zero-order valence-corrected chi connectivity index (χ0v) is 43.9. The summed E-state index contributed by atoms with van der Waals surface area (Å²) in [6.07, 6.45) is 12.6. The summed E-state index contributed by atoms with van der Waals surface area (Å²) >= 11 is 12.6. The maximum Gasteiger partial charge on any atom is 0.297 e. The Hall–Kier alpha value is -5.51. The van der Waals surface area contributed by atoms with Gasteiger partial charge in [0.15, 0.2) is 0 Å². The molecule has 380 valence electrons. The van der Waals surface area contributed by atoms with Crippen molar-refractivity contribution in [3.05, 3.63) is 217 Å². The average molecular weight is 1050 g/mol. The van der Waals surface area contributed by atoms with Crippen LogP contribution in [0.4, 0.5) is 8.78 Å². The first-order chi connectivity index (χ1) is 35.0.